The molecule has 15 heavy (non-hydrogen) atoms. The molecule has 0 atom stereocenters. The maximum absolute atomic E-state index is 11.1. The Bertz CT molecular complexity index is 341. The first-order valence-electron chi connectivity index (χ1n) is 5.27. The van der Waals surface area contributed by atoms with E-state index in [4.69, 9.17) is 0 Å². The molecule has 0 aliphatic carbocycles. The van der Waals surface area contributed by atoms with Gasteiger partial charge in [-0.05, 0) is 6.42 Å². The highest BCUT2D eigenvalue weighted by atomic mass is 32.2. The molecule has 1 aromatic rings. The van der Waals surface area contributed by atoms with Crippen LogP contribution in [-0.2, 0) is 0 Å². The van der Waals surface area contributed by atoms with Crippen molar-refractivity contribution in [2.45, 2.75) is 52.0 Å². The van der Waals surface area contributed by atoms with Gasteiger partial charge in [-0.15, -0.1) is 0 Å². The van der Waals surface area contributed by atoms with Crippen LogP contribution in [-0.4, -0.2) is 4.58 Å². The SMILES string of the molecule is CCCCCCC1Sc2sc(=O)sc2S1. The van der Waals surface area contributed by atoms with Gasteiger partial charge in [0.25, 0.3) is 4.06 Å². The summed E-state index contributed by atoms with van der Waals surface area (Å²) in [4.78, 5) is 11.1. The Balaban J connectivity index is 1.76. The zero-order valence-corrected chi connectivity index (χ0v) is 11.9. The van der Waals surface area contributed by atoms with Crippen LogP contribution in [0.5, 0.6) is 0 Å². The first kappa shape index (κ1) is 12.0. The van der Waals surface area contributed by atoms with Crippen LogP contribution >= 0.6 is 46.2 Å². The van der Waals surface area contributed by atoms with Gasteiger partial charge in [0.05, 0.1) is 13.0 Å². The van der Waals surface area contributed by atoms with Gasteiger partial charge in [-0.3, -0.25) is 4.79 Å². The van der Waals surface area contributed by atoms with Gasteiger partial charge < -0.3 is 0 Å². The number of rotatable bonds is 5. The highest BCUT2D eigenvalue weighted by Gasteiger charge is 2.25. The van der Waals surface area contributed by atoms with Gasteiger partial charge in [0.15, 0.2) is 0 Å². The van der Waals surface area contributed by atoms with E-state index < -0.39 is 0 Å². The summed E-state index contributed by atoms with van der Waals surface area (Å²) in [6.45, 7) is 2.24. The fourth-order valence-electron chi connectivity index (χ4n) is 1.52. The quantitative estimate of drug-likeness (QED) is 0.729. The van der Waals surface area contributed by atoms with Crippen LogP contribution in [0.1, 0.15) is 39.0 Å². The minimum atomic E-state index is 0.254. The summed E-state index contributed by atoms with van der Waals surface area (Å²) in [6.07, 6.45) is 6.65. The van der Waals surface area contributed by atoms with Crippen molar-refractivity contribution in [1.82, 2.24) is 0 Å². The molecule has 1 aliphatic rings. The summed E-state index contributed by atoms with van der Waals surface area (Å²) in [7, 11) is 0. The summed E-state index contributed by atoms with van der Waals surface area (Å²) < 4.78 is 3.48. The van der Waals surface area contributed by atoms with Gasteiger partial charge in [0.2, 0.25) is 0 Å². The third-order valence-electron chi connectivity index (χ3n) is 2.29. The number of fused-ring (bicyclic) bond motifs is 1. The van der Waals surface area contributed by atoms with Gasteiger partial charge in [-0.2, -0.15) is 0 Å². The Labute approximate surface area is 107 Å². The average molecular weight is 278 g/mol. The summed E-state index contributed by atoms with van der Waals surface area (Å²) in [6, 6.07) is 0. The lowest BCUT2D eigenvalue weighted by atomic mass is 10.2. The van der Waals surface area contributed by atoms with Crippen molar-refractivity contribution < 1.29 is 0 Å². The Morgan fingerprint density at radius 1 is 1.07 bits per heavy atom. The van der Waals surface area contributed by atoms with E-state index in [9.17, 15) is 4.79 Å². The smallest absolute Gasteiger partial charge is 0.265 e. The second-order valence-corrected chi connectivity index (χ2v) is 9.01. The minimum absolute atomic E-state index is 0.254. The molecule has 0 N–H and O–H groups in total. The molecule has 0 amide bonds. The maximum Gasteiger partial charge on any atom is 0.289 e. The molecular weight excluding hydrogens is 264 g/mol. The molecule has 2 rings (SSSR count). The molecule has 0 spiro atoms. The molecule has 1 aliphatic heterocycles. The lowest BCUT2D eigenvalue weighted by Crippen LogP contribution is -1.91. The number of unbranched alkanes of at least 4 members (excludes halogenated alkanes) is 3. The second-order valence-electron chi connectivity index (χ2n) is 3.54. The molecule has 0 fully saturated rings. The van der Waals surface area contributed by atoms with Crippen molar-refractivity contribution in [3.63, 3.8) is 0 Å². The van der Waals surface area contributed by atoms with Gasteiger partial charge in [-0.25, -0.2) is 0 Å². The topological polar surface area (TPSA) is 17.1 Å². The van der Waals surface area contributed by atoms with Gasteiger partial charge >= 0.3 is 0 Å². The number of hydrogen-bond donors (Lipinski definition) is 0. The standard InChI is InChI=1S/C10H14OS4/c1-2-3-4-5-6-7-12-8-9(13-7)15-10(11)14-8/h7H,2-6H2,1H3. The third kappa shape index (κ3) is 3.25. The molecule has 5 heteroatoms. The largest absolute Gasteiger partial charge is 0.289 e. The monoisotopic (exact) mass is 278 g/mol. The van der Waals surface area contributed by atoms with E-state index in [0.29, 0.717) is 4.58 Å². The maximum atomic E-state index is 11.1. The molecule has 1 nitrogen and oxygen atoms in total. The lowest BCUT2D eigenvalue weighted by Gasteiger charge is -2.06. The molecule has 2 heterocycles. The molecule has 0 saturated carbocycles. The van der Waals surface area contributed by atoms with E-state index in [1.807, 2.05) is 23.5 Å². The van der Waals surface area contributed by atoms with Crippen molar-refractivity contribution >= 4 is 46.2 Å². The first-order chi connectivity index (χ1) is 7.29. The highest BCUT2D eigenvalue weighted by Crippen LogP contribution is 2.52. The Morgan fingerprint density at radius 3 is 2.33 bits per heavy atom. The predicted molar refractivity (Wildman–Crippen MR) is 72.7 cm³/mol. The highest BCUT2D eigenvalue weighted by molar-refractivity contribution is 8.21. The van der Waals surface area contributed by atoms with Crippen molar-refractivity contribution in [2.75, 3.05) is 0 Å². The Kier molecular flexibility index (Phi) is 4.61. The van der Waals surface area contributed by atoms with Gasteiger partial charge in [0.1, 0.15) is 0 Å². The van der Waals surface area contributed by atoms with Crippen LogP contribution in [0.3, 0.4) is 0 Å². The van der Waals surface area contributed by atoms with Crippen molar-refractivity contribution in [2.24, 2.45) is 0 Å². The number of hydrogen-bond acceptors (Lipinski definition) is 5. The summed E-state index contributed by atoms with van der Waals surface area (Å²) in [5.41, 5.74) is 0. The van der Waals surface area contributed by atoms with E-state index in [-0.39, 0.29) is 4.06 Å². The Morgan fingerprint density at radius 2 is 1.73 bits per heavy atom. The first-order valence-corrected chi connectivity index (χ1v) is 8.66. The summed E-state index contributed by atoms with van der Waals surface area (Å²) in [5, 5.41) is 0. The molecule has 1 aromatic heterocycles. The molecular formula is C10H14OS4. The van der Waals surface area contributed by atoms with Crippen LogP contribution in [0, 0.1) is 0 Å². The van der Waals surface area contributed by atoms with Crippen LogP contribution in [0.15, 0.2) is 13.2 Å². The van der Waals surface area contributed by atoms with E-state index in [0.717, 1.165) is 0 Å². The normalized spacial score (nSPS) is 15.8. The summed E-state index contributed by atoms with van der Waals surface area (Å²) >= 11 is 6.67. The van der Waals surface area contributed by atoms with Crippen LogP contribution in [0.4, 0.5) is 0 Å². The number of thioether (sulfide) groups is 2. The summed E-state index contributed by atoms with van der Waals surface area (Å²) in [5.74, 6) is 0. The van der Waals surface area contributed by atoms with Crippen molar-refractivity contribution in [1.29, 1.82) is 0 Å². The molecule has 0 saturated heterocycles. The third-order valence-corrected chi connectivity index (χ3v) is 7.91. The van der Waals surface area contributed by atoms with Gasteiger partial charge in [-0.1, -0.05) is 78.8 Å². The van der Waals surface area contributed by atoms with E-state index in [1.54, 1.807) is 0 Å². The van der Waals surface area contributed by atoms with Crippen molar-refractivity contribution in [3.8, 4) is 0 Å². The minimum Gasteiger partial charge on any atom is -0.265 e. The van der Waals surface area contributed by atoms with Crippen LogP contribution in [0.25, 0.3) is 0 Å². The fraction of sp³-hybridized carbons (Fsp3) is 0.700. The van der Waals surface area contributed by atoms with E-state index in [2.05, 4.69) is 6.92 Å². The Hall–Kier alpha value is 0.550. The zero-order valence-electron chi connectivity index (χ0n) is 8.65. The van der Waals surface area contributed by atoms with Crippen LogP contribution in [0.2, 0.25) is 0 Å². The van der Waals surface area contributed by atoms with E-state index in [1.165, 1.54) is 63.2 Å². The lowest BCUT2D eigenvalue weighted by molar-refractivity contribution is 0.653. The average Bonchev–Trinajstić information content (AvgIpc) is 2.69. The predicted octanol–water partition coefficient (Wildman–Crippen LogP) is 4.66. The molecule has 0 bridgehead atoms. The fourth-order valence-corrected chi connectivity index (χ4v) is 7.96. The van der Waals surface area contributed by atoms with Crippen LogP contribution < -0.4 is 4.06 Å². The van der Waals surface area contributed by atoms with Crippen molar-refractivity contribution in [3.05, 3.63) is 8.85 Å². The molecule has 84 valence electrons. The van der Waals surface area contributed by atoms with Gasteiger partial charge in [0, 0.05) is 0 Å². The molecule has 0 radical (unpaired) electrons. The second kappa shape index (κ2) is 5.75. The van der Waals surface area contributed by atoms with E-state index >= 15 is 0 Å². The zero-order chi connectivity index (χ0) is 10.7. The molecule has 0 aromatic carbocycles. The molecule has 0 unspecified atom stereocenters.